The molecule has 2 aromatic carbocycles. The normalized spacial score (nSPS) is 11.8. The Bertz CT molecular complexity index is 971. The molecular weight excluding hydrogens is 413 g/mol. The zero-order chi connectivity index (χ0) is 21.8. The summed E-state index contributed by atoms with van der Waals surface area (Å²) in [4.78, 5) is 0. The largest absolute Gasteiger partial charge is 0.357 e. The van der Waals surface area contributed by atoms with Crippen LogP contribution in [-0.2, 0) is 28.5 Å². The number of hydrogen-bond donors (Lipinski definition) is 3. The highest BCUT2D eigenvalue weighted by atomic mass is 32.2. The van der Waals surface area contributed by atoms with Crippen LogP contribution in [0.1, 0.15) is 37.5 Å². The van der Waals surface area contributed by atoms with Crippen LogP contribution in [0.5, 0.6) is 0 Å². The Morgan fingerprint density at radius 2 is 1.79 bits per heavy atom. The molecule has 0 amide bonds. The van der Waals surface area contributed by atoms with Crippen molar-refractivity contribution in [3.63, 3.8) is 0 Å². The average Bonchev–Trinajstić information content (AvgIpc) is 2.60. The predicted octanol–water partition coefficient (Wildman–Crippen LogP) is 3.76. The van der Waals surface area contributed by atoms with Crippen molar-refractivity contribution in [3.05, 3.63) is 65.0 Å². The van der Waals surface area contributed by atoms with Gasteiger partial charge in [-0.2, -0.15) is 0 Å². The van der Waals surface area contributed by atoms with Gasteiger partial charge in [0.15, 0.2) is 5.11 Å². The van der Waals surface area contributed by atoms with E-state index in [9.17, 15) is 18.0 Å². The van der Waals surface area contributed by atoms with Crippen molar-refractivity contribution in [3.8, 4) is 0 Å². The van der Waals surface area contributed by atoms with Crippen molar-refractivity contribution >= 4 is 33.0 Å². The third-order valence-electron chi connectivity index (χ3n) is 4.17. The molecule has 0 heterocycles. The minimum atomic E-state index is -3.50. The molecule has 29 heavy (non-hydrogen) atoms. The summed E-state index contributed by atoms with van der Waals surface area (Å²) in [6.07, 6.45) is 0.981. The molecule has 2 aromatic rings. The average molecular weight is 440 g/mol. The number of hydrogen-bond acceptors (Lipinski definition) is 4. The van der Waals surface area contributed by atoms with Crippen molar-refractivity contribution in [1.82, 2.24) is 10.4 Å². The van der Waals surface area contributed by atoms with Crippen LogP contribution in [0.25, 0.3) is 0 Å². The first kappa shape index (κ1) is 23.1. The molecule has 0 aliphatic heterocycles. The first-order valence-corrected chi connectivity index (χ1v) is 11.2. The number of hydroxylamine groups is 2. The zero-order valence-corrected chi connectivity index (χ0v) is 18.5. The van der Waals surface area contributed by atoms with Crippen LogP contribution in [0.15, 0.2) is 42.5 Å². The number of halogens is 1. The van der Waals surface area contributed by atoms with E-state index < -0.39 is 15.8 Å². The van der Waals surface area contributed by atoms with E-state index in [4.69, 9.17) is 12.2 Å². The molecule has 0 atom stereocenters. The van der Waals surface area contributed by atoms with E-state index >= 15 is 0 Å². The van der Waals surface area contributed by atoms with Crippen LogP contribution < -0.4 is 10.0 Å². The maximum atomic E-state index is 14.2. The number of nitrogens with one attached hydrogen (secondary N) is 2. The highest BCUT2D eigenvalue weighted by Gasteiger charge is 2.14. The Morgan fingerprint density at radius 1 is 1.17 bits per heavy atom. The standard InChI is InChI=1S/C20H26FN3O3S2/c1-20(2,3)16-8-5-14(6-9-16)12-22-19(28)24(25)13-15-7-10-17(11-18(15)21)23-29(4,26)27/h5-11,23,25H,12-13H2,1-4H3,(H,22,28). The highest BCUT2D eigenvalue weighted by Crippen LogP contribution is 2.22. The first-order valence-electron chi connectivity index (χ1n) is 8.95. The Hall–Kier alpha value is -2.23. The van der Waals surface area contributed by atoms with Gasteiger partial charge in [-0.05, 0) is 40.9 Å². The van der Waals surface area contributed by atoms with Gasteiger partial charge in [0.2, 0.25) is 10.0 Å². The second kappa shape index (κ2) is 9.06. The maximum absolute atomic E-state index is 14.2. The molecule has 0 aliphatic carbocycles. The summed E-state index contributed by atoms with van der Waals surface area (Å²) in [7, 11) is -3.50. The monoisotopic (exact) mass is 439 g/mol. The number of anilines is 1. The van der Waals surface area contributed by atoms with Gasteiger partial charge in [-0.15, -0.1) is 0 Å². The summed E-state index contributed by atoms with van der Waals surface area (Å²) in [6, 6.07) is 11.9. The Morgan fingerprint density at radius 3 is 2.31 bits per heavy atom. The van der Waals surface area contributed by atoms with Gasteiger partial charge in [-0.1, -0.05) is 51.1 Å². The van der Waals surface area contributed by atoms with Gasteiger partial charge in [-0.3, -0.25) is 9.93 Å². The molecule has 0 fully saturated rings. The fourth-order valence-corrected chi connectivity index (χ4v) is 3.27. The molecule has 2 rings (SSSR count). The summed E-state index contributed by atoms with van der Waals surface area (Å²) in [5, 5.41) is 13.9. The van der Waals surface area contributed by atoms with Gasteiger partial charge in [0.05, 0.1) is 18.5 Å². The van der Waals surface area contributed by atoms with Gasteiger partial charge < -0.3 is 5.32 Å². The Labute approximate surface area is 176 Å². The zero-order valence-electron chi connectivity index (χ0n) is 16.9. The topological polar surface area (TPSA) is 81.7 Å². The molecule has 0 bridgehead atoms. The number of nitrogens with zero attached hydrogens (tertiary/aromatic N) is 1. The van der Waals surface area contributed by atoms with E-state index in [0.29, 0.717) is 6.54 Å². The van der Waals surface area contributed by atoms with E-state index in [-0.39, 0.29) is 28.3 Å². The lowest BCUT2D eigenvalue weighted by molar-refractivity contribution is -0.0245. The van der Waals surface area contributed by atoms with Gasteiger partial charge in [0, 0.05) is 12.1 Å². The minimum Gasteiger partial charge on any atom is -0.357 e. The number of thiocarbonyl (C=S) groups is 1. The highest BCUT2D eigenvalue weighted by molar-refractivity contribution is 7.92. The number of rotatable bonds is 6. The molecule has 3 N–H and O–H groups in total. The lowest BCUT2D eigenvalue weighted by Gasteiger charge is -2.21. The van der Waals surface area contributed by atoms with E-state index in [1.807, 2.05) is 12.1 Å². The van der Waals surface area contributed by atoms with Crippen molar-refractivity contribution < 1.29 is 18.0 Å². The summed E-state index contributed by atoms with van der Waals surface area (Å²) < 4.78 is 38.8. The molecule has 0 aromatic heterocycles. The van der Waals surface area contributed by atoms with E-state index in [1.54, 1.807) is 0 Å². The fourth-order valence-electron chi connectivity index (χ4n) is 2.58. The van der Waals surface area contributed by atoms with Crippen LogP contribution >= 0.6 is 12.2 Å². The number of benzene rings is 2. The smallest absolute Gasteiger partial charge is 0.229 e. The predicted molar refractivity (Wildman–Crippen MR) is 117 cm³/mol. The lowest BCUT2D eigenvalue weighted by atomic mass is 9.87. The molecule has 9 heteroatoms. The maximum Gasteiger partial charge on any atom is 0.229 e. The third kappa shape index (κ3) is 7.26. The third-order valence-corrected chi connectivity index (χ3v) is 5.14. The molecule has 0 aliphatic rings. The Balaban J connectivity index is 1.93. The van der Waals surface area contributed by atoms with Gasteiger partial charge in [-0.25, -0.2) is 17.9 Å². The van der Waals surface area contributed by atoms with Crippen LogP contribution in [-0.4, -0.2) is 30.1 Å². The molecule has 158 valence electrons. The molecule has 0 saturated carbocycles. The van der Waals surface area contributed by atoms with E-state index in [2.05, 4.69) is 42.9 Å². The van der Waals surface area contributed by atoms with Crippen LogP contribution in [0.4, 0.5) is 10.1 Å². The summed E-state index contributed by atoms with van der Waals surface area (Å²) >= 11 is 5.15. The summed E-state index contributed by atoms with van der Waals surface area (Å²) in [6.45, 7) is 6.66. The summed E-state index contributed by atoms with van der Waals surface area (Å²) in [5.74, 6) is -0.654. The molecule has 0 spiro atoms. The molecule has 6 nitrogen and oxygen atoms in total. The SMILES string of the molecule is CC(C)(C)c1ccc(CNC(=S)N(O)Cc2ccc(NS(C)(=O)=O)cc2F)cc1. The Kier molecular flexibility index (Phi) is 7.20. The minimum absolute atomic E-state index is 0.0580. The molecule has 0 unspecified atom stereocenters. The van der Waals surface area contributed by atoms with E-state index in [1.165, 1.54) is 17.7 Å². The van der Waals surface area contributed by atoms with Crippen molar-refractivity contribution in [2.24, 2.45) is 0 Å². The second-order valence-corrected chi connectivity index (χ2v) is 9.98. The fraction of sp³-hybridized carbons (Fsp3) is 0.350. The quantitative estimate of drug-likeness (QED) is 0.470. The van der Waals surface area contributed by atoms with Crippen LogP contribution in [0, 0.1) is 5.82 Å². The first-order chi connectivity index (χ1) is 13.3. The summed E-state index contributed by atoms with van der Waals surface area (Å²) in [5.41, 5.74) is 2.57. The van der Waals surface area contributed by atoms with Crippen molar-refractivity contribution in [1.29, 1.82) is 0 Å². The molecular formula is C20H26FN3O3S2. The van der Waals surface area contributed by atoms with Gasteiger partial charge in [0.25, 0.3) is 0 Å². The van der Waals surface area contributed by atoms with Crippen molar-refractivity contribution in [2.45, 2.75) is 39.3 Å². The van der Waals surface area contributed by atoms with Crippen molar-refractivity contribution in [2.75, 3.05) is 11.0 Å². The molecule has 0 radical (unpaired) electrons. The van der Waals surface area contributed by atoms with Crippen LogP contribution in [0.2, 0.25) is 0 Å². The van der Waals surface area contributed by atoms with Crippen LogP contribution in [0.3, 0.4) is 0 Å². The van der Waals surface area contributed by atoms with Gasteiger partial charge in [0.1, 0.15) is 5.82 Å². The number of sulfonamides is 1. The van der Waals surface area contributed by atoms with Gasteiger partial charge >= 0.3 is 0 Å². The van der Waals surface area contributed by atoms with E-state index in [0.717, 1.165) is 22.9 Å². The molecule has 0 saturated heterocycles. The lowest BCUT2D eigenvalue weighted by Crippen LogP contribution is -2.36. The second-order valence-electron chi connectivity index (χ2n) is 7.84.